The fourth-order valence-electron chi connectivity index (χ4n) is 3.69. The number of aromatic nitrogens is 3. The second-order valence-corrected chi connectivity index (χ2v) is 8.85. The van der Waals surface area contributed by atoms with E-state index >= 15 is 0 Å². The van der Waals surface area contributed by atoms with E-state index in [1.54, 1.807) is 38.5 Å². The third-order valence-corrected chi connectivity index (χ3v) is 6.44. The molecule has 4 rings (SSSR count). The molecule has 2 N–H and O–H groups in total. The van der Waals surface area contributed by atoms with Crippen LogP contribution in [0.5, 0.6) is 28.7 Å². The van der Waals surface area contributed by atoms with Crippen molar-refractivity contribution < 1.29 is 28.8 Å². The zero-order valence-electron chi connectivity index (χ0n) is 21.7. The number of nitrogens with zero attached hydrogens (tertiary/aromatic N) is 4. The number of aromatic hydroxyl groups is 1. The van der Waals surface area contributed by atoms with Crippen LogP contribution in [0.1, 0.15) is 5.56 Å². The van der Waals surface area contributed by atoms with Crippen molar-refractivity contribution in [2.75, 3.05) is 34.2 Å². The largest absolute Gasteiger partial charge is 0.504 e. The first-order valence-electron chi connectivity index (χ1n) is 11.6. The van der Waals surface area contributed by atoms with Crippen LogP contribution in [0.25, 0.3) is 17.1 Å². The summed E-state index contributed by atoms with van der Waals surface area (Å²) in [6.45, 7) is 0. The lowest BCUT2D eigenvalue weighted by molar-refractivity contribution is -0.118. The second kappa shape index (κ2) is 12.7. The molecule has 0 atom stereocenters. The molecule has 12 heteroatoms. The maximum Gasteiger partial charge on any atom is 0.250 e. The Kier molecular flexibility index (Phi) is 8.90. The van der Waals surface area contributed by atoms with Crippen molar-refractivity contribution in [1.82, 2.24) is 20.2 Å². The number of hydrogen-bond acceptors (Lipinski definition) is 10. The van der Waals surface area contributed by atoms with Crippen molar-refractivity contribution in [2.24, 2.45) is 5.10 Å². The second-order valence-electron chi connectivity index (χ2n) is 7.90. The van der Waals surface area contributed by atoms with Gasteiger partial charge in [-0.2, -0.15) is 5.10 Å². The van der Waals surface area contributed by atoms with Crippen LogP contribution < -0.4 is 24.4 Å². The molecule has 0 saturated carbocycles. The normalized spacial score (nSPS) is 10.9. The smallest absolute Gasteiger partial charge is 0.250 e. The zero-order valence-corrected chi connectivity index (χ0v) is 22.6. The van der Waals surface area contributed by atoms with Crippen LogP contribution in [0.4, 0.5) is 0 Å². The highest BCUT2D eigenvalue weighted by Crippen LogP contribution is 2.41. The number of nitrogens with one attached hydrogen (secondary N) is 1. The number of rotatable bonds is 11. The molecule has 0 fully saturated rings. The first-order chi connectivity index (χ1) is 19.0. The summed E-state index contributed by atoms with van der Waals surface area (Å²) in [5.74, 6) is 1.98. The van der Waals surface area contributed by atoms with Gasteiger partial charge in [0.25, 0.3) is 5.91 Å². The zero-order chi connectivity index (χ0) is 27.8. The van der Waals surface area contributed by atoms with Gasteiger partial charge < -0.3 is 24.1 Å². The van der Waals surface area contributed by atoms with Crippen LogP contribution in [-0.4, -0.2) is 66.2 Å². The molecule has 0 unspecified atom stereocenters. The van der Waals surface area contributed by atoms with E-state index in [1.807, 2.05) is 34.9 Å². The molecule has 11 nitrogen and oxygen atoms in total. The van der Waals surface area contributed by atoms with Gasteiger partial charge in [0.05, 0.1) is 40.4 Å². The summed E-state index contributed by atoms with van der Waals surface area (Å²) >= 11 is 1.21. The Morgan fingerprint density at radius 3 is 2.28 bits per heavy atom. The highest BCUT2D eigenvalue weighted by atomic mass is 32.2. The Labute approximate surface area is 229 Å². The van der Waals surface area contributed by atoms with Gasteiger partial charge in [0.1, 0.15) is 0 Å². The quantitative estimate of drug-likeness (QED) is 0.162. The highest BCUT2D eigenvalue weighted by molar-refractivity contribution is 7.99. The van der Waals surface area contributed by atoms with Gasteiger partial charge >= 0.3 is 0 Å². The molecule has 202 valence electrons. The van der Waals surface area contributed by atoms with Crippen LogP contribution >= 0.6 is 11.8 Å². The van der Waals surface area contributed by atoms with Crippen molar-refractivity contribution in [2.45, 2.75) is 5.16 Å². The van der Waals surface area contributed by atoms with E-state index in [0.29, 0.717) is 45.1 Å². The number of hydrazone groups is 1. The van der Waals surface area contributed by atoms with Crippen LogP contribution in [0.2, 0.25) is 0 Å². The molecular weight excluding hydrogens is 522 g/mol. The van der Waals surface area contributed by atoms with E-state index in [9.17, 15) is 9.90 Å². The SMILES string of the molecule is COc1cc(C=NNC(=O)CSc2nnc(-c3cc(OC)c(OC)c(OC)c3)n2-c2ccccc2)ccc1O. The van der Waals surface area contributed by atoms with Crippen molar-refractivity contribution in [3.63, 3.8) is 0 Å². The number of amides is 1. The lowest BCUT2D eigenvalue weighted by Crippen LogP contribution is -2.20. The molecule has 0 aliphatic heterocycles. The maximum absolute atomic E-state index is 12.5. The van der Waals surface area contributed by atoms with Gasteiger partial charge in [-0.3, -0.25) is 9.36 Å². The maximum atomic E-state index is 12.5. The number of phenols is 1. The summed E-state index contributed by atoms with van der Waals surface area (Å²) in [6.07, 6.45) is 1.46. The molecule has 0 bridgehead atoms. The number of para-hydroxylation sites is 1. The number of benzene rings is 3. The third-order valence-electron chi connectivity index (χ3n) is 5.51. The first kappa shape index (κ1) is 27.3. The fraction of sp³-hybridized carbons (Fsp3) is 0.185. The van der Waals surface area contributed by atoms with Gasteiger partial charge in [0.2, 0.25) is 5.75 Å². The van der Waals surface area contributed by atoms with Crippen molar-refractivity contribution in [3.8, 4) is 45.8 Å². The number of carbonyl (C=O) groups is 1. The van der Waals surface area contributed by atoms with Crippen molar-refractivity contribution in [1.29, 1.82) is 0 Å². The molecule has 0 saturated heterocycles. The lowest BCUT2D eigenvalue weighted by Gasteiger charge is -2.15. The van der Waals surface area contributed by atoms with E-state index in [2.05, 4.69) is 20.7 Å². The minimum Gasteiger partial charge on any atom is -0.504 e. The molecule has 4 aromatic rings. The Morgan fingerprint density at radius 1 is 0.949 bits per heavy atom. The molecule has 0 radical (unpaired) electrons. The molecular formula is C27H27N5O6S. The van der Waals surface area contributed by atoms with E-state index in [1.165, 1.54) is 38.3 Å². The Morgan fingerprint density at radius 2 is 1.64 bits per heavy atom. The van der Waals surface area contributed by atoms with Crippen LogP contribution in [-0.2, 0) is 4.79 Å². The lowest BCUT2D eigenvalue weighted by atomic mass is 10.1. The molecule has 1 heterocycles. The number of phenolic OH excluding ortho intramolecular Hbond substituents is 1. The monoisotopic (exact) mass is 549 g/mol. The van der Waals surface area contributed by atoms with E-state index < -0.39 is 0 Å². The minimum atomic E-state index is -0.334. The van der Waals surface area contributed by atoms with Gasteiger partial charge in [-0.15, -0.1) is 10.2 Å². The van der Waals surface area contributed by atoms with Gasteiger partial charge in [0, 0.05) is 11.3 Å². The predicted molar refractivity (Wildman–Crippen MR) is 148 cm³/mol. The van der Waals surface area contributed by atoms with Gasteiger partial charge in [-0.25, -0.2) is 5.43 Å². The average molecular weight is 550 g/mol. The van der Waals surface area contributed by atoms with E-state index in [4.69, 9.17) is 18.9 Å². The Bertz CT molecular complexity index is 1450. The minimum absolute atomic E-state index is 0.0171. The third kappa shape index (κ3) is 6.24. The number of carbonyl (C=O) groups excluding carboxylic acids is 1. The Hall–Kier alpha value is -4.71. The summed E-state index contributed by atoms with van der Waals surface area (Å²) in [5.41, 5.74) is 4.65. The predicted octanol–water partition coefficient (Wildman–Crippen LogP) is 3.92. The molecule has 1 amide bonds. The summed E-state index contributed by atoms with van der Waals surface area (Å²) < 4.78 is 23.4. The van der Waals surface area contributed by atoms with Crippen molar-refractivity contribution in [3.05, 3.63) is 66.2 Å². The van der Waals surface area contributed by atoms with Crippen molar-refractivity contribution >= 4 is 23.9 Å². The molecule has 0 aliphatic carbocycles. The molecule has 39 heavy (non-hydrogen) atoms. The van der Waals surface area contributed by atoms with Gasteiger partial charge in [-0.05, 0) is 48.0 Å². The number of methoxy groups -OCH3 is 4. The molecule has 0 spiro atoms. The fourth-order valence-corrected chi connectivity index (χ4v) is 4.43. The summed E-state index contributed by atoms with van der Waals surface area (Å²) in [7, 11) is 6.08. The van der Waals surface area contributed by atoms with Crippen LogP contribution in [0.15, 0.2) is 70.9 Å². The molecule has 0 aliphatic rings. The number of ether oxygens (including phenoxy) is 4. The van der Waals surface area contributed by atoms with E-state index in [0.717, 1.165) is 5.69 Å². The summed E-state index contributed by atoms with van der Waals surface area (Å²) in [6, 6.07) is 17.9. The summed E-state index contributed by atoms with van der Waals surface area (Å²) in [4.78, 5) is 12.5. The van der Waals surface area contributed by atoms with Crippen LogP contribution in [0.3, 0.4) is 0 Å². The van der Waals surface area contributed by atoms with Gasteiger partial charge in [-0.1, -0.05) is 30.0 Å². The molecule has 1 aromatic heterocycles. The first-order valence-corrected chi connectivity index (χ1v) is 12.6. The molecule has 3 aromatic carbocycles. The summed E-state index contributed by atoms with van der Waals surface area (Å²) in [5, 5.41) is 23.0. The highest BCUT2D eigenvalue weighted by Gasteiger charge is 2.21. The average Bonchev–Trinajstić information content (AvgIpc) is 3.40. The topological polar surface area (TPSA) is 129 Å². The van der Waals surface area contributed by atoms with Crippen LogP contribution in [0, 0.1) is 0 Å². The number of hydrogen-bond donors (Lipinski definition) is 2. The number of thioether (sulfide) groups is 1. The van der Waals surface area contributed by atoms with Gasteiger partial charge in [0.15, 0.2) is 34.0 Å². The standard InChI is InChI=1S/C27H27N5O6S/c1-35-21-12-17(10-11-20(21)33)15-28-29-24(34)16-39-27-31-30-26(32(27)19-8-6-5-7-9-19)18-13-22(36-2)25(38-4)23(14-18)37-3/h5-15,33H,16H2,1-4H3,(H,29,34). The van der Waals surface area contributed by atoms with E-state index in [-0.39, 0.29) is 17.4 Å². The Balaban J connectivity index is 1.57.